The quantitative estimate of drug-likeness (QED) is 0.763. The van der Waals surface area contributed by atoms with Gasteiger partial charge in [0.15, 0.2) is 0 Å². The minimum atomic E-state index is -3.71. The molecule has 7 heteroatoms. The third-order valence-electron chi connectivity index (χ3n) is 6.14. The molecule has 4 rings (SSSR count). The molecule has 2 N–H and O–H groups in total. The standard InChI is InChI=1S/C21H31N3O3S/c1-21(2,13-24-10-5-11-24)14-28(26,27)23-20(25)22-19-17-8-3-6-15(17)12-16-7-4-9-18(16)19/h12H,3-11,13-14H2,1-2H3,(H2,22,23,25). The average Bonchev–Trinajstić information content (AvgIpc) is 3.17. The number of carbonyl (C=O) groups excluding carboxylic acids is 1. The Balaban J connectivity index is 1.45. The summed E-state index contributed by atoms with van der Waals surface area (Å²) >= 11 is 0. The molecule has 0 atom stereocenters. The van der Waals surface area contributed by atoms with Gasteiger partial charge in [-0.25, -0.2) is 17.9 Å². The van der Waals surface area contributed by atoms with E-state index < -0.39 is 21.5 Å². The van der Waals surface area contributed by atoms with Crippen molar-refractivity contribution in [2.24, 2.45) is 5.41 Å². The summed E-state index contributed by atoms with van der Waals surface area (Å²) < 4.78 is 27.5. The number of benzene rings is 1. The zero-order valence-electron chi connectivity index (χ0n) is 16.9. The molecule has 3 aliphatic rings. The van der Waals surface area contributed by atoms with E-state index in [1.807, 2.05) is 13.8 Å². The van der Waals surface area contributed by atoms with E-state index in [9.17, 15) is 13.2 Å². The van der Waals surface area contributed by atoms with Crippen LogP contribution in [0.5, 0.6) is 0 Å². The maximum atomic E-state index is 12.6. The van der Waals surface area contributed by atoms with Gasteiger partial charge in [0.2, 0.25) is 10.0 Å². The third-order valence-corrected chi connectivity index (χ3v) is 7.80. The molecule has 0 bridgehead atoms. The third kappa shape index (κ3) is 4.20. The topological polar surface area (TPSA) is 78.5 Å². The summed E-state index contributed by atoms with van der Waals surface area (Å²) in [6.07, 6.45) is 7.36. The maximum Gasteiger partial charge on any atom is 0.332 e. The van der Waals surface area contributed by atoms with E-state index in [-0.39, 0.29) is 5.75 Å². The number of fused-ring (bicyclic) bond motifs is 2. The molecule has 2 aliphatic carbocycles. The number of rotatable bonds is 6. The second-order valence-electron chi connectivity index (χ2n) is 9.34. The predicted molar refractivity (Wildman–Crippen MR) is 111 cm³/mol. The Morgan fingerprint density at radius 3 is 2.18 bits per heavy atom. The molecule has 154 valence electrons. The Labute approximate surface area is 168 Å². The number of carbonyl (C=O) groups is 1. The zero-order chi connectivity index (χ0) is 19.9. The molecule has 0 unspecified atom stereocenters. The van der Waals surface area contributed by atoms with Gasteiger partial charge in [-0.3, -0.25) is 0 Å². The number of anilines is 1. The first-order chi connectivity index (χ1) is 13.2. The Bertz CT molecular complexity index is 856. The normalized spacial score (nSPS) is 19.1. The number of nitrogens with one attached hydrogen (secondary N) is 2. The van der Waals surface area contributed by atoms with Crippen LogP contribution in [0.1, 0.15) is 55.4 Å². The molecule has 0 radical (unpaired) electrons. The first-order valence-electron chi connectivity index (χ1n) is 10.4. The number of hydrogen-bond acceptors (Lipinski definition) is 4. The van der Waals surface area contributed by atoms with Gasteiger partial charge in [-0.15, -0.1) is 0 Å². The summed E-state index contributed by atoms with van der Waals surface area (Å²) in [6, 6.07) is 1.66. The predicted octanol–water partition coefficient (Wildman–Crippen LogP) is 2.85. The van der Waals surface area contributed by atoms with Gasteiger partial charge in [0, 0.05) is 12.2 Å². The van der Waals surface area contributed by atoms with Gasteiger partial charge in [0.1, 0.15) is 0 Å². The molecule has 1 aromatic carbocycles. The van der Waals surface area contributed by atoms with Crippen molar-refractivity contribution >= 4 is 21.7 Å². The molecule has 1 heterocycles. The Kier molecular flexibility index (Phi) is 5.16. The van der Waals surface area contributed by atoms with Gasteiger partial charge in [0.25, 0.3) is 0 Å². The molecule has 0 aromatic heterocycles. The van der Waals surface area contributed by atoms with Crippen LogP contribution in [0.15, 0.2) is 6.07 Å². The summed E-state index contributed by atoms with van der Waals surface area (Å²) in [5.41, 5.74) is 5.50. The van der Waals surface area contributed by atoms with Gasteiger partial charge in [-0.05, 0) is 85.7 Å². The largest absolute Gasteiger partial charge is 0.332 e. The second-order valence-corrected chi connectivity index (χ2v) is 11.1. The van der Waals surface area contributed by atoms with Crippen LogP contribution in [0, 0.1) is 5.41 Å². The lowest BCUT2D eigenvalue weighted by Gasteiger charge is -2.37. The number of hydrogen-bond donors (Lipinski definition) is 2. The lowest BCUT2D eigenvalue weighted by molar-refractivity contribution is 0.126. The highest BCUT2D eigenvalue weighted by Gasteiger charge is 2.32. The fraction of sp³-hybridized carbons (Fsp3) is 0.667. The highest BCUT2D eigenvalue weighted by atomic mass is 32.2. The monoisotopic (exact) mass is 405 g/mol. The molecule has 0 spiro atoms. The smallest absolute Gasteiger partial charge is 0.307 e. The van der Waals surface area contributed by atoms with Crippen LogP contribution in [0.4, 0.5) is 10.5 Å². The molecule has 1 fully saturated rings. The van der Waals surface area contributed by atoms with Crippen LogP contribution in [-0.2, 0) is 35.7 Å². The maximum absolute atomic E-state index is 12.6. The summed E-state index contributed by atoms with van der Waals surface area (Å²) in [4.78, 5) is 14.8. The molecular weight excluding hydrogens is 374 g/mol. The van der Waals surface area contributed by atoms with Crippen LogP contribution >= 0.6 is 0 Å². The van der Waals surface area contributed by atoms with Crippen LogP contribution in [-0.4, -0.2) is 44.7 Å². The first kappa shape index (κ1) is 19.7. The number of sulfonamides is 1. The molecule has 1 aliphatic heterocycles. The number of likely N-dealkylation sites (tertiary alicyclic amines) is 1. The van der Waals surface area contributed by atoms with Gasteiger partial charge in [-0.1, -0.05) is 19.9 Å². The van der Waals surface area contributed by atoms with Crippen molar-refractivity contribution in [3.8, 4) is 0 Å². The van der Waals surface area contributed by atoms with E-state index >= 15 is 0 Å². The molecule has 0 saturated carbocycles. The highest BCUT2D eigenvalue weighted by Crippen LogP contribution is 2.38. The van der Waals surface area contributed by atoms with Crippen molar-refractivity contribution in [1.82, 2.24) is 9.62 Å². The van der Waals surface area contributed by atoms with E-state index in [1.165, 1.54) is 28.7 Å². The second kappa shape index (κ2) is 7.34. The van der Waals surface area contributed by atoms with E-state index in [1.54, 1.807) is 0 Å². The van der Waals surface area contributed by atoms with Crippen LogP contribution < -0.4 is 10.0 Å². The van der Waals surface area contributed by atoms with Crippen LogP contribution in [0.3, 0.4) is 0 Å². The van der Waals surface area contributed by atoms with Crippen molar-refractivity contribution in [1.29, 1.82) is 0 Å². The van der Waals surface area contributed by atoms with Crippen molar-refractivity contribution in [3.63, 3.8) is 0 Å². The molecular formula is C21H31N3O3S. The number of amides is 2. The number of nitrogens with zero attached hydrogens (tertiary/aromatic N) is 1. The number of aryl methyl sites for hydroxylation is 2. The van der Waals surface area contributed by atoms with Crippen molar-refractivity contribution < 1.29 is 13.2 Å². The van der Waals surface area contributed by atoms with Gasteiger partial charge in [-0.2, -0.15) is 0 Å². The number of urea groups is 1. The Morgan fingerprint density at radius 2 is 1.64 bits per heavy atom. The SMILES string of the molecule is CC(C)(CN1CCC1)CS(=O)(=O)NC(=O)Nc1c2c(cc3c1CCC3)CCC2. The van der Waals surface area contributed by atoms with Gasteiger partial charge < -0.3 is 10.2 Å². The minimum Gasteiger partial charge on any atom is -0.307 e. The van der Waals surface area contributed by atoms with E-state index in [2.05, 4.69) is 21.0 Å². The molecule has 1 saturated heterocycles. The summed E-state index contributed by atoms with van der Waals surface area (Å²) in [5.74, 6) is -0.0606. The van der Waals surface area contributed by atoms with E-state index in [0.29, 0.717) is 0 Å². The summed E-state index contributed by atoms with van der Waals surface area (Å²) in [7, 11) is -3.71. The zero-order valence-corrected chi connectivity index (χ0v) is 17.8. The van der Waals surface area contributed by atoms with E-state index in [4.69, 9.17) is 0 Å². The summed E-state index contributed by atoms with van der Waals surface area (Å²) in [5, 5.41) is 2.91. The van der Waals surface area contributed by atoms with Crippen LogP contribution in [0.25, 0.3) is 0 Å². The van der Waals surface area contributed by atoms with Crippen molar-refractivity contribution in [3.05, 3.63) is 28.3 Å². The lowest BCUT2D eigenvalue weighted by atomic mass is 9.94. The molecule has 6 nitrogen and oxygen atoms in total. The van der Waals surface area contributed by atoms with Gasteiger partial charge >= 0.3 is 6.03 Å². The van der Waals surface area contributed by atoms with Crippen molar-refractivity contribution in [2.45, 2.75) is 58.8 Å². The molecule has 1 aromatic rings. The fourth-order valence-corrected chi connectivity index (χ4v) is 6.51. The first-order valence-corrected chi connectivity index (χ1v) is 12.1. The molecule has 2 amide bonds. The fourth-order valence-electron chi connectivity index (χ4n) is 4.99. The van der Waals surface area contributed by atoms with Crippen molar-refractivity contribution in [2.75, 3.05) is 30.7 Å². The van der Waals surface area contributed by atoms with Gasteiger partial charge in [0.05, 0.1) is 5.75 Å². The highest BCUT2D eigenvalue weighted by molar-refractivity contribution is 7.90. The summed E-state index contributed by atoms with van der Waals surface area (Å²) in [6.45, 7) is 6.68. The Morgan fingerprint density at radius 1 is 1.04 bits per heavy atom. The minimum absolute atomic E-state index is 0.0606. The van der Waals surface area contributed by atoms with Crippen LogP contribution in [0.2, 0.25) is 0 Å². The average molecular weight is 406 g/mol. The Hall–Kier alpha value is -1.60. The van der Waals surface area contributed by atoms with E-state index in [0.717, 1.165) is 63.8 Å². The lowest BCUT2D eigenvalue weighted by Crippen LogP contribution is -2.47. The molecule has 28 heavy (non-hydrogen) atoms.